The monoisotopic (exact) mass is 367 g/mol. The van der Waals surface area contributed by atoms with Gasteiger partial charge in [0.05, 0.1) is 17.1 Å². The summed E-state index contributed by atoms with van der Waals surface area (Å²) in [4.78, 5) is 21.5. The number of nitrogens with zero attached hydrogens (tertiary/aromatic N) is 2. The number of nitrogens with one attached hydrogen (secondary N) is 1. The van der Waals surface area contributed by atoms with Crippen LogP contribution in [0.5, 0.6) is 0 Å². The number of carbonyl (C=O) groups excluding carboxylic acids is 1. The van der Waals surface area contributed by atoms with E-state index in [0.717, 1.165) is 12.8 Å². The average Bonchev–Trinajstić information content (AvgIpc) is 3.21. The normalized spacial score (nSPS) is 16.4. The molecule has 0 bridgehead atoms. The van der Waals surface area contributed by atoms with Gasteiger partial charge in [0.2, 0.25) is 0 Å². The van der Waals surface area contributed by atoms with Crippen molar-refractivity contribution in [3.63, 3.8) is 0 Å². The van der Waals surface area contributed by atoms with Crippen LogP contribution in [0.2, 0.25) is 0 Å². The first-order valence-electron chi connectivity index (χ1n) is 8.77. The summed E-state index contributed by atoms with van der Waals surface area (Å²) in [6, 6.07) is 13.0. The fourth-order valence-electron chi connectivity index (χ4n) is 2.91. The zero-order valence-corrected chi connectivity index (χ0v) is 14.5. The third kappa shape index (κ3) is 4.03. The van der Waals surface area contributed by atoms with Crippen LogP contribution >= 0.6 is 0 Å². The summed E-state index contributed by atoms with van der Waals surface area (Å²) < 4.78 is 24.0. The van der Waals surface area contributed by atoms with Crippen molar-refractivity contribution >= 4 is 28.5 Å². The van der Waals surface area contributed by atoms with E-state index in [2.05, 4.69) is 15.3 Å². The lowest BCUT2D eigenvalue weighted by atomic mass is 10.2. The highest BCUT2D eigenvalue weighted by Crippen LogP contribution is 2.22. The molecule has 1 aliphatic heterocycles. The molecule has 1 N–H and O–H groups in total. The number of hydrogen-bond acceptors (Lipinski definition) is 6. The predicted molar refractivity (Wildman–Crippen MR) is 98.5 cm³/mol. The van der Waals surface area contributed by atoms with Crippen LogP contribution in [0.15, 0.2) is 48.5 Å². The highest BCUT2D eigenvalue weighted by molar-refractivity contribution is 5.96. The molecule has 3 aromatic rings. The summed E-state index contributed by atoms with van der Waals surface area (Å²) >= 11 is 0. The molecular formula is C20H18FN3O3. The van der Waals surface area contributed by atoms with E-state index in [9.17, 15) is 9.18 Å². The second kappa shape index (κ2) is 7.67. The average molecular weight is 367 g/mol. The SMILES string of the molecule is O=C(OC[C@H]1CCCO1)c1nc2ccccc2nc1Nc1ccc(F)cc1. The van der Waals surface area contributed by atoms with Gasteiger partial charge in [0.15, 0.2) is 11.5 Å². The summed E-state index contributed by atoms with van der Waals surface area (Å²) in [6.45, 7) is 0.874. The first-order valence-corrected chi connectivity index (χ1v) is 8.77. The van der Waals surface area contributed by atoms with Crippen molar-refractivity contribution in [2.75, 3.05) is 18.5 Å². The lowest BCUT2D eigenvalue weighted by Crippen LogP contribution is -2.19. The number of rotatable bonds is 5. The number of fused-ring (bicyclic) bond motifs is 1. The molecule has 0 spiro atoms. The molecule has 1 aromatic heterocycles. The van der Waals surface area contributed by atoms with Crippen LogP contribution in [0, 0.1) is 5.82 Å². The Bertz CT molecular complexity index is 956. The summed E-state index contributed by atoms with van der Waals surface area (Å²) in [5, 5.41) is 3.03. The van der Waals surface area contributed by atoms with E-state index in [1.54, 1.807) is 24.3 Å². The van der Waals surface area contributed by atoms with E-state index in [1.165, 1.54) is 12.1 Å². The number of esters is 1. The fraction of sp³-hybridized carbons (Fsp3) is 0.250. The molecule has 1 saturated heterocycles. The van der Waals surface area contributed by atoms with E-state index in [1.807, 2.05) is 12.1 Å². The van der Waals surface area contributed by atoms with Gasteiger partial charge < -0.3 is 14.8 Å². The summed E-state index contributed by atoms with van der Waals surface area (Å²) in [5.41, 5.74) is 1.90. The largest absolute Gasteiger partial charge is 0.458 e. The summed E-state index contributed by atoms with van der Waals surface area (Å²) in [7, 11) is 0. The van der Waals surface area contributed by atoms with E-state index in [0.29, 0.717) is 23.3 Å². The minimum absolute atomic E-state index is 0.0733. The lowest BCUT2D eigenvalue weighted by Gasteiger charge is -2.13. The van der Waals surface area contributed by atoms with E-state index in [4.69, 9.17) is 9.47 Å². The Balaban J connectivity index is 1.63. The van der Waals surface area contributed by atoms with Gasteiger partial charge >= 0.3 is 5.97 Å². The van der Waals surface area contributed by atoms with Crippen molar-refractivity contribution in [2.24, 2.45) is 0 Å². The van der Waals surface area contributed by atoms with Crippen molar-refractivity contribution in [2.45, 2.75) is 18.9 Å². The number of para-hydroxylation sites is 2. The van der Waals surface area contributed by atoms with Gasteiger partial charge in [-0.1, -0.05) is 12.1 Å². The maximum Gasteiger partial charge on any atom is 0.360 e. The Hall–Kier alpha value is -3.06. The van der Waals surface area contributed by atoms with Crippen molar-refractivity contribution in [3.8, 4) is 0 Å². The maximum absolute atomic E-state index is 13.1. The predicted octanol–water partition coefficient (Wildman–Crippen LogP) is 3.85. The summed E-state index contributed by atoms with van der Waals surface area (Å²) in [6.07, 6.45) is 1.77. The number of halogens is 1. The van der Waals surface area contributed by atoms with Crippen LogP contribution in [0.4, 0.5) is 15.9 Å². The number of carbonyl (C=O) groups is 1. The first-order chi connectivity index (χ1) is 13.2. The van der Waals surface area contributed by atoms with Gasteiger partial charge in [-0.15, -0.1) is 0 Å². The topological polar surface area (TPSA) is 73.3 Å². The molecule has 27 heavy (non-hydrogen) atoms. The maximum atomic E-state index is 13.1. The van der Waals surface area contributed by atoms with Gasteiger partial charge in [-0.3, -0.25) is 0 Å². The minimum Gasteiger partial charge on any atom is -0.458 e. The third-order valence-electron chi connectivity index (χ3n) is 4.30. The molecule has 1 fully saturated rings. The van der Waals surface area contributed by atoms with Gasteiger partial charge in [0, 0.05) is 12.3 Å². The van der Waals surface area contributed by atoms with Crippen molar-refractivity contribution in [1.82, 2.24) is 9.97 Å². The number of aromatic nitrogens is 2. The molecule has 2 heterocycles. The molecule has 0 unspecified atom stereocenters. The minimum atomic E-state index is -0.576. The molecular weight excluding hydrogens is 349 g/mol. The molecule has 0 radical (unpaired) electrons. The molecule has 6 nitrogen and oxygen atoms in total. The van der Waals surface area contributed by atoms with Gasteiger partial charge in [0.1, 0.15) is 12.4 Å². The quantitative estimate of drug-likeness (QED) is 0.691. The molecule has 0 amide bonds. The third-order valence-corrected chi connectivity index (χ3v) is 4.30. The Labute approximate surface area is 155 Å². The number of benzene rings is 2. The smallest absolute Gasteiger partial charge is 0.360 e. The van der Waals surface area contributed by atoms with Gasteiger partial charge in [-0.2, -0.15) is 0 Å². The molecule has 138 valence electrons. The number of hydrogen-bond donors (Lipinski definition) is 1. The van der Waals surface area contributed by atoms with Crippen LogP contribution in [-0.2, 0) is 9.47 Å². The van der Waals surface area contributed by atoms with Crippen LogP contribution in [0.25, 0.3) is 11.0 Å². The second-order valence-electron chi connectivity index (χ2n) is 6.27. The highest BCUT2D eigenvalue weighted by Gasteiger charge is 2.22. The second-order valence-corrected chi connectivity index (χ2v) is 6.27. The Kier molecular flexibility index (Phi) is 4.93. The molecule has 1 aliphatic rings. The zero-order chi connectivity index (χ0) is 18.6. The molecule has 0 aliphatic carbocycles. The Morgan fingerprint density at radius 2 is 1.89 bits per heavy atom. The zero-order valence-electron chi connectivity index (χ0n) is 14.5. The van der Waals surface area contributed by atoms with Gasteiger partial charge in [0.25, 0.3) is 0 Å². The number of ether oxygens (including phenoxy) is 2. The Morgan fingerprint density at radius 3 is 2.59 bits per heavy atom. The van der Waals surface area contributed by atoms with E-state index >= 15 is 0 Å². The molecule has 4 rings (SSSR count). The number of anilines is 2. The van der Waals surface area contributed by atoms with E-state index < -0.39 is 5.97 Å². The standard InChI is InChI=1S/C20H18FN3O3/c21-13-7-9-14(10-8-13)22-19-18(20(25)27-12-15-4-3-11-26-15)23-16-5-1-2-6-17(16)24-19/h1-2,5-10,15H,3-4,11-12H2,(H,22,24)/t15-/m1/s1. The lowest BCUT2D eigenvalue weighted by molar-refractivity contribution is 0.0157. The highest BCUT2D eigenvalue weighted by atomic mass is 19.1. The van der Waals surface area contributed by atoms with Crippen molar-refractivity contribution in [1.29, 1.82) is 0 Å². The molecule has 0 saturated carbocycles. The van der Waals surface area contributed by atoms with Gasteiger partial charge in [-0.25, -0.2) is 19.2 Å². The van der Waals surface area contributed by atoms with Crippen molar-refractivity contribution in [3.05, 3.63) is 60.0 Å². The molecule has 7 heteroatoms. The molecule has 2 aromatic carbocycles. The van der Waals surface area contributed by atoms with Crippen LogP contribution in [-0.4, -0.2) is 35.3 Å². The van der Waals surface area contributed by atoms with Crippen LogP contribution < -0.4 is 5.32 Å². The summed E-state index contributed by atoms with van der Waals surface area (Å²) in [5.74, 6) is -0.660. The fourth-order valence-corrected chi connectivity index (χ4v) is 2.91. The molecule has 1 atom stereocenters. The first kappa shape index (κ1) is 17.4. The van der Waals surface area contributed by atoms with Gasteiger partial charge in [-0.05, 0) is 49.2 Å². The van der Waals surface area contributed by atoms with Crippen LogP contribution in [0.3, 0.4) is 0 Å². The van der Waals surface area contributed by atoms with E-state index in [-0.39, 0.29) is 30.0 Å². The van der Waals surface area contributed by atoms with Crippen LogP contribution in [0.1, 0.15) is 23.3 Å². The Morgan fingerprint density at radius 1 is 1.15 bits per heavy atom. The van der Waals surface area contributed by atoms with Crippen molar-refractivity contribution < 1.29 is 18.7 Å².